The normalized spacial score (nSPS) is 12.5. The van der Waals surface area contributed by atoms with Gasteiger partial charge in [-0.25, -0.2) is 0 Å². The summed E-state index contributed by atoms with van der Waals surface area (Å²) >= 11 is 0. The van der Waals surface area contributed by atoms with Crippen LogP contribution in [0.25, 0.3) is 10.9 Å². The minimum Gasteiger partial charge on any atom is -0.252 e. The molecule has 1 aromatic heterocycles. The van der Waals surface area contributed by atoms with Crippen LogP contribution >= 0.6 is 0 Å². The molecule has 0 aliphatic heterocycles. The van der Waals surface area contributed by atoms with E-state index >= 15 is 0 Å². The van der Waals surface area contributed by atoms with Crippen molar-refractivity contribution >= 4 is 10.9 Å². The number of para-hydroxylation sites is 1. The fourth-order valence-corrected chi connectivity index (χ4v) is 2.24. The lowest BCUT2D eigenvalue weighted by molar-refractivity contribution is 0.880. The van der Waals surface area contributed by atoms with Crippen LogP contribution in [0.2, 0.25) is 0 Å². The third-order valence-electron chi connectivity index (χ3n) is 3.36. The third-order valence-corrected chi connectivity index (χ3v) is 3.36. The molecule has 0 fully saturated rings. The molecule has 2 aromatic carbocycles. The molecule has 3 aromatic rings. The first-order valence-corrected chi connectivity index (χ1v) is 6.25. The molecule has 0 amide bonds. The van der Waals surface area contributed by atoms with E-state index in [0.717, 1.165) is 11.2 Å². The van der Waals surface area contributed by atoms with Crippen LogP contribution in [0.5, 0.6) is 0 Å². The maximum Gasteiger partial charge on any atom is 0.0705 e. The summed E-state index contributed by atoms with van der Waals surface area (Å²) in [6.07, 6.45) is 0. The zero-order valence-corrected chi connectivity index (χ0v) is 10.4. The first-order chi connectivity index (χ1) is 8.84. The average Bonchev–Trinajstić information content (AvgIpc) is 2.47. The van der Waals surface area contributed by atoms with E-state index in [-0.39, 0.29) is 0 Å². The molecule has 0 radical (unpaired) electrons. The van der Waals surface area contributed by atoms with E-state index in [2.05, 4.69) is 55.5 Å². The van der Waals surface area contributed by atoms with Gasteiger partial charge in [-0.2, -0.15) is 0 Å². The number of hydrogen-bond acceptors (Lipinski definition) is 1. The van der Waals surface area contributed by atoms with Crippen molar-refractivity contribution in [2.45, 2.75) is 12.8 Å². The van der Waals surface area contributed by atoms with Gasteiger partial charge in [-0.05, 0) is 17.7 Å². The standard InChI is InChI=1S/C17H15N/c1-13(14-7-3-2-4-8-14)16-12-11-15-9-5-6-10-17(15)18-16/h2-13H,1H3/t13-/m0/s1. The minimum absolute atomic E-state index is 0.329. The number of rotatable bonds is 2. The summed E-state index contributed by atoms with van der Waals surface area (Å²) in [6, 6.07) is 23.0. The first kappa shape index (κ1) is 11.0. The fraction of sp³-hybridized carbons (Fsp3) is 0.118. The Hall–Kier alpha value is -2.15. The molecule has 1 nitrogen and oxygen atoms in total. The van der Waals surface area contributed by atoms with Crippen molar-refractivity contribution in [1.82, 2.24) is 4.98 Å². The maximum atomic E-state index is 4.75. The zero-order chi connectivity index (χ0) is 12.4. The van der Waals surface area contributed by atoms with Gasteiger partial charge < -0.3 is 0 Å². The van der Waals surface area contributed by atoms with Gasteiger partial charge in [0, 0.05) is 17.0 Å². The van der Waals surface area contributed by atoms with Crippen molar-refractivity contribution in [2.24, 2.45) is 0 Å². The monoisotopic (exact) mass is 233 g/mol. The lowest BCUT2D eigenvalue weighted by Gasteiger charge is -2.12. The van der Waals surface area contributed by atoms with Crippen LogP contribution in [0, 0.1) is 0 Å². The van der Waals surface area contributed by atoms with Crippen molar-refractivity contribution in [2.75, 3.05) is 0 Å². The van der Waals surface area contributed by atoms with Crippen LogP contribution < -0.4 is 0 Å². The van der Waals surface area contributed by atoms with Gasteiger partial charge in [0.15, 0.2) is 0 Å². The van der Waals surface area contributed by atoms with Gasteiger partial charge in [-0.3, -0.25) is 4.98 Å². The lowest BCUT2D eigenvalue weighted by atomic mass is 9.97. The van der Waals surface area contributed by atoms with Gasteiger partial charge in [0.1, 0.15) is 0 Å². The second kappa shape index (κ2) is 4.61. The highest BCUT2D eigenvalue weighted by Gasteiger charge is 2.09. The van der Waals surface area contributed by atoms with Gasteiger partial charge in [-0.15, -0.1) is 0 Å². The molecule has 0 aliphatic carbocycles. The zero-order valence-electron chi connectivity index (χ0n) is 10.4. The van der Waals surface area contributed by atoms with Crippen molar-refractivity contribution in [3.05, 3.63) is 78.0 Å². The van der Waals surface area contributed by atoms with Crippen LogP contribution in [0.3, 0.4) is 0 Å². The molecule has 0 spiro atoms. The Morgan fingerprint density at radius 3 is 2.33 bits per heavy atom. The topological polar surface area (TPSA) is 12.9 Å². The van der Waals surface area contributed by atoms with Crippen molar-refractivity contribution in [3.8, 4) is 0 Å². The van der Waals surface area contributed by atoms with Gasteiger partial charge >= 0.3 is 0 Å². The largest absolute Gasteiger partial charge is 0.252 e. The molecule has 0 bridgehead atoms. The second-order valence-electron chi connectivity index (χ2n) is 4.56. The summed E-state index contributed by atoms with van der Waals surface area (Å²) in [7, 11) is 0. The van der Waals surface area contributed by atoms with Crippen molar-refractivity contribution in [3.63, 3.8) is 0 Å². The molecule has 0 unspecified atom stereocenters. The molecular formula is C17H15N. The minimum atomic E-state index is 0.329. The molecule has 18 heavy (non-hydrogen) atoms. The van der Waals surface area contributed by atoms with E-state index < -0.39 is 0 Å². The second-order valence-corrected chi connectivity index (χ2v) is 4.56. The summed E-state index contributed by atoms with van der Waals surface area (Å²) in [5.41, 5.74) is 3.50. The van der Waals surface area contributed by atoms with E-state index in [0.29, 0.717) is 5.92 Å². The highest BCUT2D eigenvalue weighted by molar-refractivity contribution is 5.78. The molecule has 1 heterocycles. The number of benzene rings is 2. The SMILES string of the molecule is C[C@@H](c1ccccc1)c1ccc2ccccc2n1. The van der Waals surface area contributed by atoms with Gasteiger partial charge in [0.25, 0.3) is 0 Å². The maximum absolute atomic E-state index is 4.75. The summed E-state index contributed by atoms with van der Waals surface area (Å²) in [5, 5.41) is 1.20. The van der Waals surface area contributed by atoms with Crippen LogP contribution in [-0.4, -0.2) is 4.98 Å². The lowest BCUT2D eigenvalue weighted by Crippen LogP contribution is -1.98. The van der Waals surface area contributed by atoms with E-state index in [4.69, 9.17) is 4.98 Å². The van der Waals surface area contributed by atoms with E-state index in [1.54, 1.807) is 0 Å². The molecule has 1 atom stereocenters. The quantitative estimate of drug-likeness (QED) is 0.639. The fourth-order valence-electron chi connectivity index (χ4n) is 2.24. The molecule has 0 N–H and O–H groups in total. The number of hydrogen-bond donors (Lipinski definition) is 0. The Morgan fingerprint density at radius 1 is 0.778 bits per heavy atom. The Kier molecular flexibility index (Phi) is 2.81. The Labute approximate surface area is 107 Å². The molecule has 0 aliphatic rings. The molecule has 3 rings (SSSR count). The van der Waals surface area contributed by atoms with Crippen LogP contribution in [0.15, 0.2) is 66.7 Å². The molecule has 0 saturated carbocycles. The number of fused-ring (bicyclic) bond motifs is 1. The average molecular weight is 233 g/mol. The van der Waals surface area contributed by atoms with Crippen LogP contribution in [-0.2, 0) is 0 Å². The third kappa shape index (κ3) is 2.00. The predicted octanol–water partition coefficient (Wildman–Crippen LogP) is 4.39. The van der Waals surface area contributed by atoms with E-state index in [1.165, 1.54) is 10.9 Å². The van der Waals surface area contributed by atoms with Gasteiger partial charge in [-0.1, -0.05) is 61.5 Å². The Morgan fingerprint density at radius 2 is 1.50 bits per heavy atom. The highest BCUT2D eigenvalue weighted by Crippen LogP contribution is 2.24. The molecule has 88 valence electrons. The van der Waals surface area contributed by atoms with Gasteiger partial charge in [0.2, 0.25) is 0 Å². The Bertz CT molecular complexity index is 659. The van der Waals surface area contributed by atoms with E-state index in [1.807, 2.05) is 18.2 Å². The van der Waals surface area contributed by atoms with Crippen molar-refractivity contribution < 1.29 is 0 Å². The number of aromatic nitrogens is 1. The summed E-state index contributed by atoms with van der Waals surface area (Å²) in [6.45, 7) is 2.20. The molecular weight excluding hydrogens is 218 g/mol. The van der Waals surface area contributed by atoms with Gasteiger partial charge in [0.05, 0.1) is 5.52 Å². The summed E-state index contributed by atoms with van der Waals surface area (Å²) < 4.78 is 0. The Balaban J connectivity index is 2.04. The smallest absolute Gasteiger partial charge is 0.0705 e. The van der Waals surface area contributed by atoms with Crippen LogP contribution in [0.1, 0.15) is 24.1 Å². The molecule has 1 heteroatoms. The first-order valence-electron chi connectivity index (χ1n) is 6.25. The highest BCUT2D eigenvalue weighted by atomic mass is 14.7. The number of nitrogens with zero attached hydrogens (tertiary/aromatic N) is 1. The van der Waals surface area contributed by atoms with Crippen LogP contribution in [0.4, 0.5) is 0 Å². The summed E-state index contributed by atoms with van der Waals surface area (Å²) in [5.74, 6) is 0.329. The van der Waals surface area contributed by atoms with E-state index in [9.17, 15) is 0 Å². The number of pyridine rings is 1. The predicted molar refractivity (Wildman–Crippen MR) is 75.7 cm³/mol. The van der Waals surface area contributed by atoms with Crippen molar-refractivity contribution in [1.29, 1.82) is 0 Å². The summed E-state index contributed by atoms with van der Waals surface area (Å²) in [4.78, 5) is 4.75. The molecule has 0 saturated heterocycles.